The predicted octanol–water partition coefficient (Wildman–Crippen LogP) is 2.93. The quantitative estimate of drug-likeness (QED) is 0.420. The van der Waals surface area contributed by atoms with Crippen LogP contribution in [0.3, 0.4) is 0 Å². The van der Waals surface area contributed by atoms with Crippen LogP contribution in [0.25, 0.3) is 0 Å². The molecule has 0 fully saturated rings. The molecular weight excluding hydrogens is 409 g/mol. The molecule has 2 N–H and O–H groups in total. The van der Waals surface area contributed by atoms with Crippen molar-refractivity contribution in [2.24, 2.45) is 5.10 Å². The number of hydrazone groups is 1. The highest BCUT2D eigenvalue weighted by Crippen LogP contribution is 2.32. The van der Waals surface area contributed by atoms with Crippen LogP contribution in [0.15, 0.2) is 40.3 Å². The Bertz CT molecular complexity index is 994. The largest absolute Gasteiger partial charge is 0.504 e. The summed E-state index contributed by atoms with van der Waals surface area (Å²) in [6.45, 7) is 0. The Morgan fingerprint density at radius 1 is 1.27 bits per heavy atom. The van der Waals surface area contributed by atoms with Gasteiger partial charge >= 0.3 is 0 Å². The van der Waals surface area contributed by atoms with Gasteiger partial charge in [-0.25, -0.2) is 4.83 Å². The van der Waals surface area contributed by atoms with E-state index in [1.165, 1.54) is 19.2 Å². The molecule has 2 aromatic rings. The van der Waals surface area contributed by atoms with Crippen LogP contribution in [-0.4, -0.2) is 31.8 Å². The van der Waals surface area contributed by atoms with Crippen molar-refractivity contribution < 1.29 is 23.2 Å². The highest BCUT2D eigenvalue weighted by atomic mass is 35.5. The maximum absolute atomic E-state index is 12.1. The smallest absolute Gasteiger partial charge is 0.282 e. The van der Waals surface area contributed by atoms with Crippen LogP contribution in [0.1, 0.15) is 5.56 Å². The number of nitrogens with one attached hydrogen (secondary N) is 1. The van der Waals surface area contributed by atoms with Crippen molar-refractivity contribution >= 4 is 45.1 Å². The van der Waals surface area contributed by atoms with Crippen LogP contribution in [0.2, 0.25) is 10.0 Å². The van der Waals surface area contributed by atoms with E-state index in [1.807, 2.05) is 4.83 Å². The van der Waals surface area contributed by atoms with E-state index in [0.29, 0.717) is 0 Å². The minimum absolute atomic E-state index is 0.0363. The minimum atomic E-state index is -4.07. The van der Waals surface area contributed by atoms with Gasteiger partial charge in [0, 0.05) is 0 Å². The number of aromatic hydroxyl groups is 1. The number of nitro benzene ring substituents is 1. The van der Waals surface area contributed by atoms with E-state index in [2.05, 4.69) is 5.10 Å². The van der Waals surface area contributed by atoms with Crippen molar-refractivity contribution in [3.63, 3.8) is 0 Å². The Hall–Kier alpha value is -2.56. The highest BCUT2D eigenvalue weighted by molar-refractivity contribution is 7.89. The monoisotopic (exact) mass is 419 g/mol. The van der Waals surface area contributed by atoms with Gasteiger partial charge in [0.05, 0.1) is 44.8 Å². The van der Waals surface area contributed by atoms with Gasteiger partial charge in [-0.15, -0.1) is 0 Å². The molecule has 0 aromatic heterocycles. The van der Waals surface area contributed by atoms with Gasteiger partial charge in [-0.2, -0.15) is 13.5 Å². The molecule has 9 nitrogen and oxygen atoms in total. The molecule has 26 heavy (non-hydrogen) atoms. The van der Waals surface area contributed by atoms with Crippen molar-refractivity contribution in [3.8, 4) is 11.5 Å². The summed E-state index contributed by atoms with van der Waals surface area (Å²) < 4.78 is 29.1. The van der Waals surface area contributed by atoms with E-state index in [9.17, 15) is 23.6 Å². The summed E-state index contributed by atoms with van der Waals surface area (Å²) in [5, 5.41) is 24.5. The zero-order valence-corrected chi connectivity index (χ0v) is 15.3. The van der Waals surface area contributed by atoms with Crippen molar-refractivity contribution in [2.45, 2.75) is 4.90 Å². The first-order valence-corrected chi connectivity index (χ1v) is 8.95. The van der Waals surface area contributed by atoms with Crippen molar-refractivity contribution in [2.75, 3.05) is 7.11 Å². The van der Waals surface area contributed by atoms with E-state index in [0.717, 1.165) is 24.4 Å². The van der Waals surface area contributed by atoms with Gasteiger partial charge in [0.1, 0.15) is 0 Å². The fraction of sp³-hybridized carbons (Fsp3) is 0.0714. The third-order valence-corrected chi connectivity index (χ3v) is 5.06. The van der Waals surface area contributed by atoms with Crippen LogP contribution < -0.4 is 9.57 Å². The standard InChI is InChI=1S/C14H11Cl2N3O6S/c1-25-14-6-12(19(21)22)8(4-13(14)20)7-17-18-26(23,24)9-2-3-10(15)11(16)5-9/h2-7,18,20H,1H3/b17-7+. The lowest BCUT2D eigenvalue weighted by atomic mass is 10.1. The SMILES string of the molecule is COc1cc([N+](=O)[O-])c(/C=N/NS(=O)(=O)c2ccc(Cl)c(Cl)c2)cc1O. The van der Waals surface area contributed by atoms with E-state index in [1.54, 1.807) is 0 Å². The van der Waals surface area contributed by atoms with E-state index < -0.39 is 20.6 Å². The summed E-state index contributed by atoms with van der Waals surface area (Å²) in [7, 11) is -2.84. The van der Waals surface area contributed by atoms with Gasteiger partial charge in [0.15, 0.2) is 11.5 Å². The first-order chi connectivity index (χ1) is 12.2. The zero-order chi connectivity index (χ0) is 19.5. The van der Waals surface area contributed by atoms with E-state index in [-0.39, 0.29) is 32.0 Å². The number of nitrogens with zero attached hydrogens (tertiary/aromatic N) is 2. The number of nitro groups is 1. The molecule has 0 spiro atoms. The molecule has 12 heteroatoms. The number of benzene rings is 2. The number of phenolic OH excluding ortho intramolecular Hbond substituents is 1. The van der Waals surface area contributed by atoms with Gasteiger partial charge in [0.25, 0.3) is 15.7 Å². The maximum Gasteiger partial charge on any atom is 0.282 e. The number of hydrogen-bond donors (Lipinski definition) is 2. The first-order valence-electron chi connectivity index (χ1n) is 6.71. The molecule has 0 bridgehead atoms. The number of phenols is 1. The summed E-state index contributed by atoms with van der Waals surface area (Å²) in [6.07, 6.45) is 0.881. The summed E-state index contributed by atoms with van der Waals surface area (Å²) in [5.74, 6) is -0.475. The molecule has 2 aromatic carbocycles. The van der Waals surface area contributed by atoms with Crippen LogP contribution in [0, 0.1) is 10.1 Å². The van der Waals surface area contributed by atoms with Crippen LogP contribution in [0.5, 0.6) is 11.5 Å². The van der Waals surface area contributed by atoms with Crippen molar-refractivity contribution in [1.82, 2.24) is 4.83 Å². The average Bonchev–Trinajstić information content (AvgIpc) is 2.57. The first kappa shape index (κ1) is 19.8. The third-order valence-electron chi connectivity index (χ3n) is 3.10. The lowest BCUT2D eigenvalue weighted by Crippen LogP contribution is -2.18. The predicted molar refractivity (Wildman–Crippen MR) is 95.7 cm³/mol. The third kappa shape index (κ3) is 4.34. The van der Waals surface area contributed by atoms with Gasteiger partial charge < -0.3 is 9.84 Å². The normalized spacial score (nSPS) is 11.5. The molecule has 0 unspecified atom stereocenters. The highest BCUT2D eigenvalue weighted by Gasteiger charge is 2.18. The molecule has 0 aliphatic heterocycles. The summed E-state index contributed by atoms with van der Waals surface area (Å²) >= 11 is 11.5. The molecule has 2 rings (SSSR count). The minimum Gasteiger partial charge on any atom is -0.504 e. The lowest BCUT2D eigenvalue weighted by molar-refractivity contribution is -0.385. The molecular formula is C14H11Cl2N3O6S. The number of rotatable bonds is 6. The number of sulfonamides is 1. The molecule has 0 aliphatic rings. The second kappa shape index (κ2) is 7.77. The van der Waals surface area contributed by atoms with Gasteiger partial charge in [-0.3, -0.25) is 10.1 Å². The molecule has 0 radical (unpaired) electrons. The Morgan fingerprint density at radius 3 is 2.54 bits per heavy atom. The molecule has 0 saturated carbocycles. The Kier molecular flexibility index (Phi) is 5.90. The van der Waals surface area contributed by atoms with Crippen LogP contribution in [-0.2, 0) is 10.0 Å². The van der Waals surface area contributed by atoms with Gasteiger partial charge in [-0.05, 0) is 24.3 Å². The van der Waals surface area contributed by atoms with E-state index >= 15 is 0 Å². The maximum atomic E-state index is 12.1. The molecule has 0 atom stereocenters. The van der Waals surface area contributed by atoms with Crippen LogP contribution >= 0.6 is 23.2 Å². The van der Waals surface area contributed by atoms with Crippen molar-refractivity contribution in [1.29, 1.82) is 0 Å². The topological polar surface area (TPSA) is 131 Å². The van der Waals surface area contributed by atoms with Crippen molar-refractivity contribution in [3.05, 3.63) is 56.1 Å². The van der Waals surface area contributed by atoms with Gasteiger partial charge in [0.2, 0.25) is 0 Å². The second-order valence-corrected chi connectivity index (χ2v) is 7.24. The number of methoxy groups -OCH3 is 1. The lowest BCUT2D eigenvalue weighted by Gasteiger charge is -2.06. The van der Waals surface area contributed by atoms with Gasteiger partial charge in [-0.1, -0.05) is 23.2 Å². The second-order valence-electron chi connectivity index (χ2n) is 4.77. The fourth-order valence-electron chi connectivity index (χ4n) is 1.86. The Balaban J connectivity index is 2.31. The average molecular weight is 420 g/mol. The molecule has 138 valence electrons. The summed E-state index contributed by atoms with van der Waals surface area (Å²) in [6, 6.07) is 5.66. The van der Waals surface area contributed by atoms with E-state index in [4.69, 9.17) is 27.9 Å². The zero-order valence-electron chi connectivity index (χ0n) is 13.0. The van der Waals surface area contributed by atoms with Crippen LogP contribution in [0.4, 0.5) is 5.69 Å². The molecule has 0 amide bonds. The molecule has 0 heterocycles. The fourth-order valence-corrected chi connectivity index (χ4v) is 3.04. The number of hydrogen-bond acceptors (Lipinski definition) is 7. The summed E-state index contributed by atoms with van der Waals surface area (Å²) in [5.41, 5.74) is -0.567. The number of ether oxygens (including phenoxy) is 1. The molecule has 0 saturated heterocycles. The Morgan fingerprint density at radius 2 is 1.96 bits per heavy atom. The molecule has 0 aliphatic carbocycles. The number of halogens is 2. The summed E-state index contributed by atoms with van der Waals surface area (Å²) in [4.78, 5) is 12.1. The Labute approximate surface area is 158 Å².